The Morgan fingerprint density at radius 1 is 1.25 bits per heavy atom. The van der Waals surface area contributed by atoms with Crippen LogP contribution in [0, 0.1) is 0 Å². The first-order valence-electron chi connectivity index (χ1n) is 5.15. The van der Waals surface area contributed by atoms with Gasteiger partial charge in [0, 0.05) is 11.0 Å². The zero-order valence-corrected chi connectivity index (χ0v) is 9.53. The van der Waals surface area contributed by atoms with Crippen molar-refractivity contribution in [1.82, 2.24) is 4.98 Å². The molecular formula is C11H16N2O3. The molecule has 88 valence electrons. The molecule has 1 aliphatic carbocycles. The second-order valence-corrected chi connectivity index (χ2v) is 4.01. The summed E-state index contributed by atoms with van der Waals surface area (Å²) in [6.07, 6.45) is 5.44. The lowest BCUT2D eigenvalue weighted by Crippen LogP contribution is -2.20. The fourth-order valence-electron chi connectivity index (χ4n) is 2.03. The van der Waals surface area contributed by atoms with Crippen LogP contribution in [-0.2, 0) is 10.3 Å². The summed E-state index contributed by atoms with van der Waals surface area (Å²) in [7, 11) is 3.25. The quantitative estimate of drug-likeness (QED) is 0.756. The topological polar surface area (TPSA) is 66.6 Å². The first kappa shape index (κ1) is 11.2. The maximum Gasteiger partial charge on any atom is 0.144 e. The Balaban J connectivity index is 2.44. The van der Waals surface area contributed by atoms with Crippen molar-refractivity contribution < 1.29 is 14.3 Å². The van der Waals surface area contributed by atoms with Crippen molar-refractivity contribution >= 4 is 0 Å². The normalized spacial score (nSPS) is 16.9. The summed E-state index contributed by atoms with van der Waals surface area (Å²) in [5.74, 6) is 6.64. The average molecular weight is 224 g/mol. The summed E-state index contributed by atoms with van der Waals surface area (Å²) in [4.78, 5) is 8.86. The van der Waals surface area contributed by atoms with Crippen LogP contribution in [0.2, 0.25) is 0 Å². The minimum Gasteiger partial charge on any atom is -0.495 e. The van der Waals surface area contributed by atoms with Crippen molar-refractivity contribution in [3.63, 3.8) is 0 Å². The summed E-state index contributed by atoms with van der Waals surface area (Å²) in [6.45, 7) is 0.476. The smallest absolute Gasteiger partial charge is 0.144 e. The third-order valence-electron chi connectivity index (χ3n) is 3.06. The molecule has 5 nitrogen and oxygen atoms in total. The first-order valence-corrected chi connectivity index (χ1v) is 5.15. The number of rotatable bonds is 5. The Labute approximate surface area is 94.5 Å². The number of hydrogen-bond acceptors (Lipinski definition) is 5. The maximum absolute atomic E-state index is 5.32. The van der Waals surface area contributed by atoms with E-state index in [2.05, 4.69) is 4.98 Å². The van der Waals surface area contributed by atoms with E-state index in [1.54, 1.807) is 26.6 Å². The molecule has 1 fully saturated rings. The highest BCUT2D eigenvalue weighted by atomic mass is 16.6. The Bertz CT molecular complexity index is 355. The van der Waals surface area contributed by atoms with Gasteiger partial charge in [0.15, 0.2) is 0 Å². The molecule has 0 unspecified atom stereocenters. The zero-order valence-electron chi connectivity index (χ0n) is 9.53. The minimum absolute atomic E-state index is 0.0611. The Morgan fingerprint density at radius 3 is 2.19 bits per heavy atom. The number of methoxy groups -OCH3 is 2. The molecule has 0 aliphatic heterocycles. The van der Waals surface area contributed by atoms with Gasteiger partial charge in [-0.25, -0.2) is 5.90 Å². The van der Waals surface area contributed by atoms with E-state index in [1.807, 2.05) is 0 Å². The molecule has 1 aromatic rings. The number of nitrogens with zero attached hydrogens (tertiary/aromatic N) is 1. The number of nitrogens with two attached hydrogens (primary N) is 1. The fourth-order valence-corrected chi connectivity index (χ4v) is 2.03. The van der Waals surface area contributed by atoms with Crippen LogP contribution in [0.15, 0.2) is 12.4 Å². The summed E-state index contributed by atoms with van der Waals surface area (Å²) in [6, 6.07) is 0. The van der Waals surface area contributed by atoms with Gasteiger partial charge < -0.3 is 14.3 Å². The molecule has 0 spiro atoms. The van der Waals surface area contributed by atoms with Crippen molar-refractivity contribution in [3.05, 3.63) is 18.0 Å². The van der Waals surface area contributed by atoms with Crippen LogP contribution in [-0.4, -0.2) is 25.8 Å². The summed E-state index contributed by atoms with van der Waals surface area (Å²) < 4.78 is 10.6. The number of ether oxygens (including phenoxy) is 2. The highest BCUT2D eigenvalue weighted by Crippen LogP contribution is 2.54. The van der Waals surface area contributed by atoms with E-state index in [-0.39, 0.29) is 5.41 Å². The molecule has 2 N–H and O–H groups in total. The predicted octanol–water partition coefficient (Wildman–Crippen LogP) is 1.02. The third-order valence-corrected chi connectivity index (χ3v) is 3.06. The summed E-state index contributed by atoms with van der Waals surface area (Å²) in [5, 5.41) is 0. The lowest BCUT2D eigenvalue weighted by atomic mass is 9.96. The minimum atomic E-state index is -0.0611. The van der Waals surface area contributed by atoms with E-state index in [9.17, 15) is 0 Å². The maximum atomic E-state index is 5.32. The lowest BCUT2D eigenvalue weighted by molar-refractivity contribution is 0.114. The number of aromatic nitrogens is 1. The molecule has 0 bridgehead atoms. The van der Waals surface area contributed by atoms with Gasteiger partial charge in [0.05, 0.1) is 33.2 Å². The second kappa shape index (κ2) is 4.27. The van der Waals surface area contributed by atoms with E-state index in [4.69, 9.17) is 20.2 Å². The average Bonchev–Trinajstić information content (AvgIpc) is 3.09. The molecule has 2 rings (SSSR count). The number of pyridine rings is 1. The van der Waals surface area contributed by atoms with Gasteiger partial charge in [0.2, 0.25) is 0 Å². The highest BCUT2D eigenvalue weighted by Gasteiger charge is 2.48. The molecule has 1 heterocycles. The van der Waals surface area contributed by atoms with E-state index >= 15 is 0 Å². The van der Waals surface area contributed by atoms with Crippen molar-refractivity contribution in [1.29, 1.82) is 0 Å². The van der Waals surface area contributed by atoms with Gasteiger partial charge in [-0.15, -0.1) is 0 Å². The number of hydrogen-bond donors (Lipinski definition) is 1. The monoisotopic (exact) mass is 224 g/mol. The molecular weight excluding hydrogens is 208 g/mol. The second-order valence-electron chi connectivity index (χ2n) is 4.01. The van der Waals surface area contributed by atoms with Crippen LogP contribution in [0.3, 0.4) is 0 Å². The van der Waals surface area contributed by atoms with Crippen LogP contribution in [0.25, 0.3) is 0 Å². The van der Waals surface area contributed by atoms with Crippen molar-refractivity contribution in [2.75, 3.05) is 20.8 Å². The molecule has 0 atom stereocenters. The van der Waals surface area contributed by atoms with Gasteiger partial charge in [0.25, 0.3) is 0 Å². The lowest BCUT2D eigenvalue weighted by Gasteiger charge is -2.19. The Kier molecular flexibility index (Phi) is 2.98. The molecule has 5 heteroatoms. The van der Waals surface area contributed by atoms with Crippen LogP contribution in [0.5, 0.6) is 11.5 Å². The van der Waals surface area contributed by atoms with Crippen LogP contribution in [0.1, 0.15) is 18.4 Å². The predicted molar refractivity (Wildman–Crippen MR) is 58.4 cm³/mol. The van der Waals surface area contributed by atoms with Gasteiger partial charge in [-0.1, -0.05) is 0 Å². The molecule has 16 heavy (non-hydrogen) atoms. The standard InChI is InChI=1S/C11H16N2O3/c1-14-8-5-13-6-9(15-2)10(8)11(3-4-11)7-16-12/h5-6H,3-4,7,12H2,1-2H3. The van der Waals surface area contributed by atoms with Crippen LogP contribution in [0.4, 0.5) is 0 Å². The molecule has 1 aromatic heterocycles. The molecule has 0 saturated heterocycles. The Morgan fingerprint density at radius 2 is 1.81 bits per heavy atom. The SMILES string of the molecule is COc1cncc(OC)c1C1(CON)CC1. The van der Waals surface area contributed by atoms with Gasteiger partial charge in [0.1, 0.15) is 11.5 Å². The van der Waals surface area contributed by atoms with E-state index in [0.717, 1.165) is 29.9 Å². The van der Waals surface area contributed by atoms with Crippen LogP contribution >= 0.6 is 0 Å². The van der Waals surface area contributed by atoms with E-state index in [1.165, 1.54) is 0 Å². The van der Waals surface area contributed by atoms with Crippen molar-refractivity contribution in [3.8, 4) is 11.5 Å². The van der Waals surface area contributed by atoms with Gasteiger partial charge in [-0.2, -0.15) is 0 Å². The van der Waals surface area contributed by atoms with Crippen molar-refractivity contribution in [2.24, 2.45) is 5.90 Å². The zero-order chi connectivity index (χ0) is 11.6. The molecule has 1 aliphatic rings. The summed E-state index contributed by atoms with van der Waals surface area (Å²) in [5.41, 5.74) is 0.951. The van der Waals surface area contributed by atoms with E-state index < -0.39 is 0 Å². The third kappa shape index (κ3) is 1.72. The largest absolute Gasteiger partial charge is 0.495 e. The fraction of sp³-hybridized carbons (Fsp3) is 0.545. The van der Waals surface area contributed by atoms with Crippen molar-refractivity contribution in [2.45, 2.75) is 18.3 Å². The molecule has 0 amide bonds. The van der Waals surface area contributed by atoms with Gasteiger partial charge in [-0.3, -0.25) is 4.98 Å². The van der Waals surface area contributed by atoms with Crippen LogP contribution < -0.4 is 15.4 Å². The van der Waals surface area contributed by atoms with Gasteiger partial charge >= 0.3 is 0 Å². The molecule has 0 radical (unpaired) electrons. The molecule has 1 saturated carbocycles. The summed E-state index contributed by atoms with van der Waals surface area (Å²) >= 11 is 0. The first-order chi connectivity index (χ1) is 7.77. The Hall–Kier alpha value is -1.33. The van der Waals surface area contributed by atoms with Gasteiger partial charge in [-0.05, 0) is 12.8 Å². The molecule has 0 aromatic carbocycles. The highest BCUT2D eigenvalue weighted by molar-refractivity contribution is 5.50. The van der Waals surface area contributed by atoms with E-state index in [0.29, 0.717) is 6.61 Å².